The number of sulfone groups is 1. The van der Waals surface area contributed by atoms with E-state index < -0.39 is 15.9 Å². The zero-order valence-electron chi connectivity index (χ0n) is 10.4. The molecule has 0 spiro atoms. The summed E-state index contributed by atoms with van der Waals surface area (Å²) in [4.78, 5) is 0. The minimum Gasteiger partial charge on any atom is -0.491 e. The summed E-state index contributed by atoms with van der Waals surface area (Å²) in [7, 11) is -3.06. The number of benzene rings is 1. The molecule has 0 aliphatic rings. The molecule has 1 aromatic carbocycles. The van der Waals surface area contributed by atoms with Crippen LogP contribution >= 0.6 is 0 Å². The van der Waals surface area contributed by atoms with Crippen molar-refractivity contribution >= 4 is 9.84 Å². The van der Waals surface area contributed by atoms with Gasteiger partial charge in [0.1, 0.15) is 15.6 Å². The zero-order valence-corrected chi connectivity index (χ0v) is 11.2. The summed E-state index contributed by atoms with van der Waals surface area (Å²) in [5, 5.41) is 0. The van der Waals surface area contributed by atoms with Crippen molar-refractivity contribution in [2.45, 2.75) is 26.0 Å². The Kier molecular flexibility index (Phi) is 4.54. The van der Waals surface area contributed by atoms with E-state index in [4.69, 9.17) is 10.5 Å². The molecule has 4 nitrogen and oxygen atoms in total. The molecule has 1 atom stereocenters. The van der Waals surface area contributed by atoms with Crippen molar-refractivity contribution in [1.82, 2.24) is 0 Å². The zero-order chi connectivity index (χ0) is 13.1. The fraction of sp³-hybridized carbons (Fsp3) is 0.500. The van der Waals surface area contributed by atoms with Gasteiger partial charge < -0.3 is 10.5 Å². The molecule has 0 aliphatic carbocycles. The second-order valence-corrected chi connectivity index (χ2v) is 6.62. The molecule has 0 heterocycles. The topological polar surface area (TPSA) is 69.4 Å². The maximum absolute atomic E-state index is 11.1. The lowest BCUT2D eigenvalue weighted by Gasteiger charge is -2.13. The van der Waals surface area contributed by atoms with Crippen LogP contribution in [0.3, 0.4) is 0 Å². The van der Waals surface area contributed by atoms with Crippen LogP contribution in [0.2, 0.25) is 0 Å². The van der Waals surface area contributed by atoms with Crippen LogP contribution in [-0.2, 0) is 9.84 Å². The van der Waals surface area contributed by atoms with Gasteiger partial charge in [-0.15, -0.1) is 0 Å². The molecule has 1 aromatic rings. The van der Waals surface area contributed by atoms with E-state index in [1.807, 2.05) is 13.8 Å². The molecule has 0 aromatic heterocycles. The Bertz CT molecular complexity index is 451. The summed E-state index contributed by atoms with van der Waals surface area (Å²) >= 11 is 0. The maximum Gasteiger partial charge on any atom is 0.149 e. The third kappa shape index (κ3) is 5.19. The highest BCUT2D eigenvalue weighted by Crippen LogP contribution is 2.18. The smallest absolute Gasteiger partial charge is 0.149 e. The monoisotopic (exact) mass is 257 g/mol. The molecule has 0 radical (unpaired) electrons. The van der Waals surface area contributed by atoms with Crippen molar-refractivity contribution in [3.05, 3.63) is 29.8 Å². The first-order valence-electron chi connectivity index (χ1n) is 5.48. The molecule has 0 fully saturated rings. The number of ether oxygens (including phenoxy) is 1. The van der Waals surface area contributed by atoms with Crippen molar-refractivity contribution in [3.63, 3.8) is 0 Å². The molecule has 0 saturated carbocycles. The molecule has 0 saturated heterocycles. The minimum atomic E-state index is -3.06. The van der Waals surface area contributed by atoms with Crippen LogP contribution < -0.4 is 10.5 Å². The summed E-state index contributed by atoms with van der Waals surface area (Å²) in [6.07, 6.45) is 1.30. The molecular weight excluding hydrogens is 238 g/mol. The summed E-state index contributed by atoms with van der Waals surface area (Å²) in [5.74, 6) is 0.715. The Morgan fingerprint density at radius 2 is 1.76 bits per heavy atom. The Labute approximate surface area is 103 Å². The van der Waals surface area contributed by atoms with Gasteiger partial charge in [0.05, 0.1) is 11.9 Å². The van der Waals surface area contributed by atoms with Crippen molar-refractivity contribution < 1.29 is 13.2 Å². The summed E-state index contributed by atoms with van der Waals surface area (Å²) < 4.78 is 27.7. The van der Waals surface area contributed by atoms with Gasteiger partial charge in [-0.3, -0.25) is 0 Å². The number of hydrogen-bond acceptors (Lipinski definition) is 4. The average Bonchev–Trinajstić information content (AvgIpc) is 2.15. The molecule has 0 amide bonds. The third-order valence-corrected chi connectivity index (χ3v) is 3.13. The Hall–Kier alpha value is -1.07. The fourth-order valence-electron chi connectivity index (χ4n) is 1.49. The number of rotatable bonds is 5. The van der Waals surface area contributed by atoms with Gasteiger partial charge in [-0.25, -0.2) is 8.42 Å². The molecular formula is C12H19NO3S. The minimum absolute atomic E-state index is 0.0443. The van der Waals surface area contributed by atoms with E-state index in [2.05, 4.69) is 0 Å². The van der Waals surface area contributed by atoms with Gasteiger partial charge in [0, 0.05) is 12.3 Å². The van der Waals surface area contributed by atoms with Crippen LogP contribution in [0.15, 0.2) is 24.3 Å². The van der Waals surface area contributed by atoms with E-state index in [9.17, 15) is 8.42 Å². The number of nitrogens with two attached hydrogens (primary N) is 1. The van der Waals surface area contributed by atoms with Crippen LogP contribution in [0.1, 0.15) is 25.5 Å². The van der Waals surface area contributed by atoms with Crippen molar-refractivity contribution in [2.24, 2.45) is 5.73 Å². The van der Waals surface area contributed by atoms with Crippen molar-refractivity contribution in [3.8, 4) is 5.75 Å². The highest BCUT2D eigenvalue weighted by molar-refractivity contribution is 7.90. The van der Waals surface area contributed by atoms with E-state index in [1.165, 1.54) is 6.26 Å². The lowest BCUT2D eigenvalue weighted by molar-refractivity contribution is 0.242. The van der Waals surface area contributed by atoms with Crippen LogP contribution in [0.5, 0.6) is 5.75 Å². The van der Waals surface area contributed by atoms with E-state index in [1.54, 1.807) is 24.3 Å². The third-order valence-electron chi connectivity index (χ3n) is 2.16. The Morgan fingerprint density at radius 3 is 2.18 bits per heavy atom. The molecule has 5 heteroatoms. The highest BCUT2D eigenvalue weighted by atomic mass is 32.2. The molecule has 17 heavy (non-hydrogen) atoms. The Balaban J connectivity index is 2.73. The van der Waals surface area contributed by atoms with Gasteiger partial charge in [0.15, 0.2) is 0 Å². The quantitative estimate of drug-likeness (QED) is 0.868. The van der Waals surface area contributed by atoms with Crippen LogP contribution in [0.4, 0.5) is 0 Å². The summed E-state index contributed by atoms with van der Waals surface area (Å²) in [5.41, 5.74) is 6.61. The van der Waals surface area contributed by atoms with Crippen molar-refractivity contribution in [1.29, 1.82) is 0 Å². The van der Waals surface area contributed by atoms with Gasteiger partial charge in [-0.05, 0) is 31.5 Å². The van der Waals surface area contributed by atoms with Gasteiger partial charge in [-0.2, -0.15) is 0 Å². The van der Waals surface area contributed by atoms with Gasteiger partial charge in [0.2, 0.25) is 0 Å². The van der Waals surface area contributed by atoms with Gasteiger partial charge >= 0.3 is 0 Å². The molecule has 96 valence electrons. The average molecular weight is 257 g/mol. The SMILES string of the molecule is CC(C)Oc1ccc(C(N)CS(C)(=O)=O)cc1. The lowest BCUT2D eigenvalue weighted by Crippen LogP contribution is -2.20. The number of hydrogen-bond donors (Lipinski definition) is 1. The second-order valence-electron chi connectivity index (χ2n) is 4.43. The predicted octanol–water partition coefficient (Wildman–Crippen LogP) is 1.52. The first-order chi connectivity index (χ1) is 7.78. The second kappa shape index (κ2) is 5.51. The fourth-order valence-corrected chi connectivity index (χ4v) is 2.33. The predicted molar refractivity (Wildman–Crippen MR) is 68.8 cm³/mol. The first-order valence-corrected chi connectivity index (χ1v) is 7.54. The Morgan fingerprint density at radius 1 is 1.24 bits per heavy atom. The van der Waals surface area contributed by atoms with Crippen molar-refractivity contribution in [2.75, 3.05) is 12.0 Å². The van der Waals surface area contributed by atoms with E-state index in [-0.39, 0.29) is 11.9 Å². The normalized spacial score (nSPS) is 13.7. The summed E-state index contributed by atoms with van der Waals surface area (Å²) in [6, 6.07) is 6.72. The molecule has 1 unspecified atom stereocenters. The highest BCUT2D eigenvalue weighted by Gasteiger charge is 2.13. The maximum atomic E-state index is 11.1. The van der Waals surface area contributed by atoms with Crippen LogP contribution in [0.25, 0.3) is 0 Å². The molecule has 0 bridgehead atoms. The molecule has 1 rings (SSSR count). The van der Waals surface area contributed by atoms with Gasteiger partial charge in [0.25, 0.3) is 0 Å². The van der Waals surface area contributed by atoms with Crippen LogP contribution in [0, 0.1) is 0 Å². The molecule has 0 aliphatic heterocycles. The first kappa shape index (κ1) is 14.0. The largest absolute Gasteiger partial charge is 0.491 e. The van der Waals surface area contributed by atoms with E-state index >= 15 is 0 Å². The lowest BCUT2D eigenvalue weighted by atomic mass is 10.1. The standard InChI is InChI=1S/C12H19NO3S/c1-9(2)16-11-6-4-10(5-7-11)12(13)8-17(3,14)15/h4-7,9,12H,8,13H2,1-3H3. The van der Waals surface area contributed by atoms with Gasteiger partial charge in [-0.1, -0.05) is 12.1 Å². The van der Waals surface area contributed by atoms with E-state index in [0.29, 0.717) is 0 Å². The van der Waals surface area contributed by atoms with Crippen LogP contribution in [-0.4, -0.2) is 26.5 Å². The summed E-state index contributed by atoms with van der Waals surface area (Å²) in [6.45, 7) is 3.90. The van der Waals surface area contributed by atoms with E-state index in [0.717, 1.165) is 11.3 Å². The molecule has 2 N–H and O–H groups in total.